The van der Waals surface area contributed by atoms with Gasteiger partial charge in [0.1, 0.15) is 24.8 Å². The first kappa shape index (κ1) is 38.8. The van der Waals surface area contributed by atoms with Crippen LogP contribution in [0.1, 0.15) is 78.9 Å². The number of carbonyl (C=O) groups is 4. The molecule has 5 aliphatic rings. The Labute approximate surface area is 411 Å². The quantitative estimate of drug-likeness (QED) is 0.0836. The molecular formula is C49H55BrN11O6P. The van der Waals surface area contributed by atoms with E-state index in [0.29, 0.717) is 76.1 Å². The highest BCUT2D eigenvalue weighted by Crippen LogP contribution is 2.45. The molecule has 1 atom stereocenters. The van der Waals surface area contributed by atoms with Crippen molar-refractivity contribution >= 4 is 86.5 Å². The molecule has 354 valence electrons. The summed E-state index contributed by atoms with van der Waals surface area (Å²) >= 11 is 3.55. The van der Waals surface area contributed by atoms with Crippen molar-refractivity contribution < 1.29 is 36.7 Å². The largest absolute Gasteiger partial charge is 0.494 e. The van der Waals surface area contributed by atoms with E-state index in [0.717, 1.165) is 66.2 Å². The van der Waals surface area contributed by atoms with Gasteiger partial charge in [-0.15, -0.1) is 0 Å². The normalized spacial score (nSPS) is 21.0. The summed E-state index contributed by atoms with van der Waals surface area (Å²) in [6, 6.07) is 13.5. The third kappa shape index (κ3) is 9.25. The Morgan fingerprint density at radius 3 is 2.37 bits per heavy atom. The fraction of sp³-hybridized carbons (Fsp3) is 0.408. The van der Waals surface area contributed by atoms with Crippen LogP contribution in [-0.4, -0.2) is 125 Å². The van der Waals surface area contributed by atoms with Gasteiger partial charge < -0.3 is 29.7 Å². The average Bonchev–Trinajstić information content (AvgIpc) is 4.02. The number of halogens is 1. The number of imide groups is 2. The van der Waals surface area contributed by atoms with Gasteiger partial charge in [0.05, 0.1) is 44.3 Å². The van der Waals surface area contributed by atoms with Gasteiger partial charge in [-0.3, -0.25) is 39.0 Å². The molecule has 5 aromatic rings. The number of nitrogens with one attached hydrogen (secondary N) is 3. The zero-order valence-corrected chi connectivity index (χ0v) is 40.1. The number of aromatic nitrogens is 4. The summed E-state index contributed by atoms with van der Waals surface area (Å²) in [6.45, 7) is 5.89. The summed E-state index contributed by atoms with van der Waals surface area (Å²) in [7, 11) is -5.57. The zero-order chi connectivity index (χ0) is 52.4. The van der Waals surface area contributed by atoms with Crippen molar-refractivity contribution in [3.63, 3.8) is 0 Å². The third-order valence-corrected chi connectivity index (χ3v) is 15.7. The van der Waals surface area contributed by atoms with Crippen LogP contribution in [-0.2, 0) is 21.1 Å². The molecule has 3 aromatic carbocycles. The van der Waals surface area contributed by atoms with E-state index in [1.54, 1.807) is 43.8 Å². The molecule has 17 nitrogen and oxygen atoms in total. The Balaban J connectivity index is 0.844. The smallest absolute Gasteiger partial charge is 0.262 e. The number of aryl methyl sites for hydroxylation is 1. The molecular weight excluding hydrogens is 949 g/mol. The lowest BCUT2D eigenvalue weighted by Crippen LogP contribution is -2.54. The SMILES string of the molecule is [2H]C([2H])([2H])Oc1cc(N2CCC(CN3CCN(c4ccc5c(c4)C(=O)N(C4CCC(=O)NC4=O)C5=O)CC3)CC2)c(-c2cnn(C([2H])([2H])[2H])c2)cc1Nc1ncc(Br)c(Nc2ccc(C3CC3)cc2P(C)(C)=O)n1. The predicted octanol–water partition coefficient (Wildman–Crippen LogP) is 6.70. The van der Waals surface area contributed by atoms with Crippen LogP contribution in [0.25, 0.3) is 11.1 Å². The van der Waals surface area contributed by atoms with Crippen molar-refractivity contribution in [2.75, 3.05) is 86.6 Å². The third-order valence-electron chi connectivity index (χ3n) is 13.6. The van der Waals surface area contributed by atoms with Crippen LogP contribution in [0.15, 0.2) is 71.6 Å². The van der Waals surface area contributed by atoms with Crippen LogP contribution in [0.2, 0.25) is 0 Å². The maximum absolute atomic E-state index is 13.5. The molecule has 1 unspecified atom stereocenters. The molecule has 3 N–H and O–H groups in total. The van der Waals surface area contributed by atoms with E-state index in [4.69, 9.17) is 17.9 Å². The number of rotatable bonds is 13. The van der Waals surface area contributed by atoms with Crippen molar-refractivity contribution in [3.8, 4) is 16.9 Å². The first-order valence-corrected chi connectivity index (χ1v) is 26.2. The number of anilines is 6. The first-order chi connectivity index (χ1) is 35.1. The van der Waals surface area contributed by atoms with Gasteiger partial charge in [-0.25, -0.2) is 4.98 Å². The number of carbonyl (C=O) groups excluding carboxylic acids is 4. The lowest BCUT2D eigenvalue weighted by molar-refractivity contribution is -0.136. The molecule has 2 aromatic heterocycles. The number of hydrogen-bond donors (Lipinski definition) is 3. The highest BCUT2D eigenvalue weighted by atomic mass is 79.9. The van der Waals surface area contributed by atoms with Crippen LogP contribution in [0.5, 0.6) is 5.75 Å². The minimum absolute atomic E-state index is 0.00480. The minimum Gasteiger partial charge on any atom is -0.494 e. The fourth-order valence-electron chi connectivity index (χ4n) is 9.81. The maximum atomic E-state index is 13.5. The highest BCUT2D eigenvalue weighted by Gasteiger charge is 2.45. The summed E-state index contributed by atoms with van der Waals surface area (Å²) in [5, 5.41) is 13.6. The number of fused-ring (bicyclic) bond motifs is 1. The van der Waals surface area contributed by atoms with E-state index < -0.39 is 50.8 Å². The standard InChI is InChI=1S/C49H55BrN11O6P/c1-57-28-32(25-52-57)35-23-39(54-49-51-26-37(50)45(56-49)53-38-10-7-31(30-5-6-30)21-43(38)68(3,4)66)42(67-2)24-41(35)60-15-13-29(14-16-60)27-58-17-19-59(20-18-58)33-8-9-34-36(22-33)48(65)61(47(34)64)40-11-12-44(62)55-46(40)63/h7-10,21-26,28-30,40H,5-6,11-20,27H2,1-4H3,(H,55,62,63)(H2,51,53,54,56)/i1D3,2D3. The summed E-state index contributed by atoms with van der Waals surface area (Å²) in [5.74, 6) is -0.888. The second kappa shape index (κ2) is 18.4. The Hall–Kier alpha value is -6.10. The Morgan fingerprint density at radius 2 is 1.65 bits per heavy atom. The second-order valence-electron chi connectivity index (χ2n) is 18.6. The van der Waals surface area contributed by atoms with Crippen LogP contribution in [0.3, 0.4) is 0 Å². The molecule has 68 heavy (non-hydrogen) atoms. The van der Waals surface area contributed by atoms with Crippen molar-refractivity contribution in [2.24, 2.45) is 12.9 Å². The average molecular weight is 1010 g/mol. The van der Waals surface area contributed by atoms with Crippen molar-refractivity contribution in [1.29, 1.82) is 0 Å². The Morgan fingerprint density at radius 1 is 0.853 bits per heavy atom. The fourth-order valence-corrected chi connectivity index (χ4v) is 11.3. The molecule has 19 heteroatoms. The summed E-state index contributed by atoms with van der Waals surface area (Å²) < 4.78 is 69.1. The lowest BCUT2D eigenvalue weighted by Gasteiger charge is -2.40. The Kier molecular flexibility index (Phi) is 10.5. The number of piperazine rings is 1. The maximum Gasteiger partial charge on any atom is 0.262 e. The van der Waals surface area contributed by atoms with Crippen LogP contribution in [0.4, 0.5) is 34.5 Å². The van der Waals surface area contributed by atoms with E-state index in [9.17, 15) is 23.7 Å². The van der Waals surface area contributed by atoms with Gasteiger partial charge in [0.25, 0.3) is 11.8 Å². The molecule has 6 heterocycles. The molecule has 0 radical (unpaired) electrons. The van der Waals surface area contributed by atoms with Crippen LogP contribution >= 0.6 is 23.1 Å². The molecule has 1 aliphatic carbocycles. The molecule has 3 saturated heterocycles. The Bertz CT molecular complexity index is 3110. The van der Waals surface area contributed by atoms with E-state index in [2.05, 4.69) is 56.7 Å². The van der Waals surface area contributed by atoms with Gasteiger partial charge in [-0.05, 0) is 115 Å². The zero-order valence-electron chi connectivity index (χ0n) is 43.6. The van der Waals surface area contributed by atoms with E-state index in [1.165, 1.54) is 12.4 Å². The highest BCUT2D eigenvalue weighted by molar-refractivity contribution is 9.10. The predicted molar refractivity (Wildman–Crippen MR) is 266 cm³/mol. The monoisotopic (exact) mass is 1010 g/mol. The minimum atomic E-state index is -2.85. The van der Waals surface area contributed by atoms with Crippen molar-refractivity contribution in [1.82, 2.24) is 34.9 Å². The number of piperidine rings is 2. The molecule has 0 bridgehead atoms. The van der Waals surface area contributed by atoms with E-state index in [-0.39, 0.29) is 41.4 Å². The van der Waals surface area contributed by atoms with Gasteiger partial charge in [-0.2, -0.15) is 10.1 Å². The number of ether oxygens (including phenoxy) is 1. The van der Waals surface area contributed by atoms with Gasteiger partial charge in [0, 0.05) is 110 Å². The van der Waals surface area contributed by atoms with E-state index >= 15 is 0 Å². The summed E-state index contributed by atoms with van der Waals surface area (Å²) in [5.41, 5.74) is 4.98. The topological polar surface area (TPSA) is 187 Å². The number of amides is 4. The summed E-state index contributed by atoms with van der Waals surface area (Å²) in [4.78, 5) is 68.0. The van der Waals surface area contributed by atoms with Crippen molar-refractivity contribution in [3.05, 3.63) is 88.3 Å². The lowest BCUT2D eigenvalue weighted by atomic mass is 9.94. The molecule has 1 saturated carbocycles. The first-order valence-electron chi connectivity index (χ1n) is 25.8. The van der Waals surface area contributed by atoms with Crippen molar-refractivity contribution in [2.45, 2.75) is 50.5 Å². The summed E-state index contributed by atoms with van der Waals surface area (Å²) in [6.07, 6.45) is 8.41. The molecule has 10 rings (SSSR count). The van der Waals surface area contributed by atoms with Gasteiger partial charge in [0.2, 0.25) is 17.8 Å². The molecule has 4 fully saturated rings. The molecule has 0 spiro atoms. The number of hydrogen-bond acceptors (Lipinski definition) is 14. The van der Waals surface area contributed by atoms with E-state index in [1.807, 2.05) is 24.3 Å². The van der Waals surface area contributed by atoms with Gasteiger partial charge in [0.15, 0.2) is 0 Å². The molecule has 4 amide bonds. The number of methoxy groups -OCH3 is 1. The molecule has 4 aliphatic heterocycles. The number of benzene rings is 3. The van der Waals surface area contributed by atoms with Gasteiger partial charge >= 0.3 is 0 Å². The number of nitrogens with zero attached hydrogens (tertiary/aromatic N) is 8. The van der Waals surface area contributed by atoms with Gasteiger partial charge in [-0.1, -0.05) is 6.07 Å². The second-order valence-corrected chi connectivity index (χ2v) is 22.6. The van der Waals surface area contributed by atoms with Crippen LogP contribution in [0, 0.1) is 5.92 Å². The van der Waals surface area contributed by atoms with Crippen LogP contribution < -0.4 is 35.8 Å².